The molecule has 0 fully saturated rings. The number of amides is 1. The second kappa shape index (κ2) is 8.18. The van der Waals surface area contributed by atoms with E-state index < -0.39 is 0 Å². The van der Waals surface area contributed by atoms with Crippen LogP contribution >= 0.6 is 0 Å². The highest BCUT2D eigenvalue weighted by Crippen LogP contribution is 2.06. The normalized spacial score (nSPS) is 12.3. The third kappa shape index (κ3) is 5.57. The van der Waals surface area contributed by atoms with Gasteiger partial charge in [0.15, 0.2) is 0 Å². The molecular formula is C20H23NO. The maximum atomic E-state index is 11.9. The van der Waals surface area contributed by atoms with Crippen LogP contribution in [0.2, 0.25) is 0 Å². The Morgan fingerprint density at radius 2 is 1.77 bits per heavy atom. The van der Waals surface area contributed by atoms with E-state index in [1.807, 2.05) is 55.5 Å². The van der Waals surface area contributed by atoms with Crippen LogP contribution in [0, 0.1) is 6.92 Å². The van der Waals surface area contributed by atoms with Gasteiger partial charge in [0.25, 0.3) is 0 Å². The summed E-state index contributed by atoms with van der Waals surface area (Å²) in [5.74, 6) is -0.0406. The summed E-state index contributed by atoms with van der Waals surface area (Å²) in [5, 5.41) is 3.01. The lowest BCUT2D eigenvalue weighted by molar-refractivity contribution is -0.117. The Kier molecular flexibility index (Phi) is 5.96. The smallest absolute Gasteiger partial charge is 0.244 e. The molecule has 1 amide bonds. The Morgan fingerprint density at radius 1 is 1.09 bits per heavy atom. The van der Waals surface area contributed by atoms with Crippen LogP contribution in [0.3, 0.4) is 0 Å². The van der Waals surface area contributed by atoms with Gasteiger partial charge >= 0.3 is 0 Å². The number of hydrogen-bond acceptors (Lipinski definition) is 1. The Bertz CT molecular complexity index is 614. The van der Waals surface area contributed by atoms with Crippen molar-refractivity contribution in [1.29, 1.82) is 0 Å². The van der Waals surface area contributed by atoms with Gasteiger partial charge < -0.3 is 5.32 Å². The van der Waals surface area contributed by atoms with Gasteiger partial charge in [-0.3, -0.25) is 4.79 Å². The second-order valence-electron chi connectivity index (χ2n) is 5.68. The molecule has 0 spiro atoms. The molecule has 0 saturated carbocycles. The number of aryl methyl sites for hydroxylation is 2. The molecule has 1 atom stereocenters. The second-order valence-corrected chi connectivity index (χ2v) is 5.68. The first-order chi connectivity index (χ1) is 10.6. The number of benzene rings is 2. The zero-order valence-electron chi connectivity index (χ0n) is 13.3. The Balaban J connectivity index is 1.77. The van der Waals surface area contributed by atoms with Crippen LogP contribution in [0.25, 0.3) is 6.08 Å². The molecule has 2 aromatic carbocycles. The summed E-state index contributed by atoms with van der Waals surface area (Å²) in [6, 6.07) is 18.6. The number of carbonyl (C=O) groups is 1. The van der Waals surface area contributed by atoms with E-state index in [9.17, 15) is 4.79 Å². The van der Waals surface area contributed by atoms with Gasteiger partial charge in [-0.2, -0.15) is 0 Å². The SMILES string of the molecule is Cc1ccc(/C=C/C(=O)NC(C)CCc2ccccc2)cc1. The van der Waals surface area contributed by atoms with Gasteiger partial charge in [-0.15, -0.1) is 0 Å². The van der Waals surface area contributed by atoms with Crippen LogP contribution < -0.4 is 5.32 Å². The average Bonchev–Trinajstić information content (AvgIpc) is 2.53. The first kappa shape index (κ1) is 16.0. The fraction of sp³-hybridized carbons (Fsp3) is 0.250. The van der Waals surface area contributed by atoms with Crippen molar-refractivity contribution in [2.75, 3.05) is 0 Å². The highest BCUT2D eigenvalue weighted by atomic mass is 16.1. The lowest BCUT2D eigenvalue weighted by Gasteiger charge is -2.12. The maximum Gasteiger partial charge on any atom is 0.244 e. The molecule has 1 unspecified atom stereocenters. The average molecular weight is 293 g/mol. The van der Waals surface area contributed by atoms with Crippen molar-refractivity contribution in [3.05, 3.63) is 77.4 Å². The van der Waals surface area contributed by atoms with Crippen LogP contribution in [0.1, 0.15) is 30.0 Å². The summed E-state index contributed by atoms with van der Waals surface area (Å²) in [7, 11) is 0. The van der Waals surface area contributed by atoms with E-state index >= 15 is 0 Å². The maximum absolute atomic E-state index is 11.9. The molecule has 2 aromatic rings. The topological polar surface area (TPSA) is 29.1 Å². The molecule has 2 nitrogen and oxygen atoms in total. The monoisotopic (exact) mass is 293 g/mol. The molecule has 1 N–H and O–H groups in total. The van der Waals surface area contributed by atoms with Crippen LogP contribution in [-0.2, 0) is 11.2 Å². The summed E-state index contributed by atoms with van der Waals surface area (Å²) in [6.07, 6.45) is 5.36. The molecule has 2 rings (SSSR count). The van der Waals surface area contributed by atoms with Crippen molar-refractivity contribution in [3.8, 4) is 0 Å². The van der Waals surface area contributed by atoms with E-state index in [4.69, 9.17) is 0 Å². The van der Waals surface area contributed by atoms with Crippen LogP contribution in [0.4, 0.5) is 0 Å². The van der Waals surface area contributed by atoms with Gasteiger partial charge in [0.05, 0.1) is 0 Å². The highest BCUT2D eigenvalue weighted by Gasteiger charge is 2.04. The third-order valence-electron chi connectivity index (χ3n) is 3.60. The molecule has 114 valence electrons. The Labute approximate surface area is 132 Å². The van der Waals surface area contributed by atoms with Crippen LogP contribution in [-0.4, -0.2) is 11.9 Å². The van der Waals surface area contributed by atoms with Gasteiger partial charge in [-0.05, 0) is 43.9 Å². The van der Waals surface area contributed by atoms with Crippen molar-refractivity contribution in [1.82, 2.24) is 5.32 Å². The zero-order valence-corrected chi connectivity index (χ0v) is 13.3. The predicted octanol–water partition coefficient (Wildman–Crippen LogP) is 4.15. The van der Waals surface area contributed by atoms with Gasteiger partial charge in [-0.25, -0.2) is 0 Å². The van der Waals surface area contributed by atoms with Crippen molar-refractivity contribution in [2.24, 2.45) is 0 Å². The molecule has 0 aliphatic rings. The zero-order chi connectivity index (χ0) is 15.8. The fourth-order valence-electron chi connectivity index (χ4n) is 2.24. The molecule has 0 aliphatic carbocycles. The van der Waals surface area contributed by atoms with Crippen LogP contribution in [0.5, 0.6) is 0 Å². The Morgan fingerprint density at radius 3 is 2.45 bits per heavy atom. The minimum Gasteiger partial charge on any atom is -0.350 e. The third-order valence-corrected chi connectivity index (χ3v) is 3.60. The number of carbonyl (C=O) groups excluding carboxylic acids is 1. The summed E-state index contributed by atoms with van der Waals surface area (Å²) < 4.78 is 0. The molecule has 0 saturated heterocycles. The van der Waals surface area contributed by atoms with E-state index in [0.717, 1.165) is 18.4 Å². The van der Waals surface area contributed by atoms with E-state index in [1.54, 1.807) is 6.08 Å². The molecule has 22 heavy (non-hydrogen) atoms. The molecule has 2 heteroatoms. The molecule has 0 aromatic heterocycles. The standard InChI is InChI=1S/C20H23NO/c1-16-8-11-19(12-9-16)14-15-20(22)21-17(2)10-13-18-6-4-3-5-7-18/h3-9,11-12,14-15,17H,10,13H2,1-2H3,(H,21,22)/b15-14+. The molecule has 0 bridgehead atoms. The summed E-state index contributed by atoms with van der Waals surface area (Å²) in [4.78, 5) is 11.9. The fourth-order valence-corrected chi connectivity index (χ4v) is 2.24. The summed E-state index contributed by atoms with van der Waals surface area (Å²) in [5.41, 5.74) is 3.56. The van der Waals surface area contributed by atoms with Crippen LogP contribution in [0.15, 0.2) is 60.7 Å². The minimum absolute atomic E-state index is 0.0406. The summed E-state index contributed by atoms with van der Waals surface area (Å²) in [6.45, 7) is 4.09. The molecular weight excluding hydrogens is 270 g/mol. The molecule has 0 aliphatic heterocycles. The van der Waals surface area contributed by atoms with Crippen molar-refractivity contribution >= 4 is 12.0 Å². The first-order valence-electron chi connectivity index (χ1n) is 7.72. The molecule has 0 heterocycles. The van der Waals surface area contributed by atoms with Crippen molar-refractivity contribution < 1.29 is 4.79 Å². The lowest BCUT2D eigenvalue weighted by atomic mass is 10.1. The number of hydrogen-bond donors (Lipinski definition) is 1. The van der Waals surface area contributed by atoms with Crippen molar-refractivity contribution in [3.63, 3.8) is 0 Å². The van der Waals surface area contributed by atoms with E-state index in [2.05, 4.69) is 24.4 Å². The largest absolute Gasteiger partial charge is 0.350 e. The minimum atomic E-state index is -0.0406. The first-order valence-corrected chi connectivity index (χ1v) is 7.72. The summed E-state index contributed by atoms with van der Waals surface area (Å²) >= 11 is 0. The number of rotatable bonds is 6. The lowest BCUT2D eigenvalue weighted by Crippen LogP contribution is -2.31. The quantitative estimate of drug-likeness (QED) is 0.797. The highest BCUT2D eigenvalue weighted by molar-refractivity contribution is 5.91. The van der Waals surface area contributed by atoms with E-state index in [0.29, 0.717) is 0 Å². The van der Waals surface area contributed by atoms with E-state index in [1.165, 1.54) is 11.1 Å². The van der Waals surface area contributed by atoms with Gasteiger partial charge in [0.1, 0.15) is 0 Å². The predicted molar refractivity (Wildman–Crippen MR) is 92.6 cm³/mol. The van der Waals surface area contributed by atoms with E-state index in [-0.39, 0.29) is 11.9 Å². The van der Waals surface area contributed by atoms with Gasteiger partial charge in [-0.1, -0.05) is 60.2 Å². The van der Waals surface area contributed by atoms with Gasteiger partial charge in [0.2, 0.25) is 5.91 Å². The molecule has 0 radical (unpaired) electrons. The Hall–Kier alpha value is -2.35. The van der Waals surface area contributed by atoms with Gasteiger partial charge in [0, 0.05) is 12.1 Å². The van der Waals surface area contributed by atoms with Crippen molar-refractivity contribution in [2.45, 2.75) is 32.7 Å². The number of nitrogens with one attached hydrogen (secondary N) is 1.